The molecule has 4 N–H and O–H groups in total. The van der Waals surface area contributed by atoms with Crippen molar-refractivity contribution in [3.05, 3.63) is 35.4 Å². The molecular formula is C16H23N3O2. The Morgan fingerprint density at radius 2 is 1.90 bits per heavy atom. The van der Waals surface area contributed by atoms with Crippen LogP contribution in [0.1, 0.15) is 48.5 Å². The summed E-state index contributed by atoms with van der Waals surface area (Å²) in [5, 5.41) is 15.2. The third-order valence-corrected chi connectivity index (χ3v) is 4.39. The minimum absolute atomic E-state index is 0.0925. The summed E-state index contributed by atoms with van der Waals surface area (Å²) in [4.78, 5) is 12.4. The molecule has 0 spiro atoms. The predicted octanol–water partition coefficient (Wildman–Crippen LogP) is 2.42. The number of aryl methyl sites for hydroxylation is 1. The lowest BCUT2D eigenvalue weighted by Crippen LogP contribution is -2.59. The lowest BCUT2D eigenvalue weighted by Gasteiger charge is -2.39. The van der Waals surface area contributed by atoms with Gasteiger partial charge in [-0.05, 0) is 50.7 Å². The normalized spacial score (nSPS) is 26.4. The molecule has 0 saturated heterocycles. The van der Waals surface area contributed by atoms with E-state index in [0.29, 0.717) is 24.3 Å². The van der Waals surface area contributed by atoms with Gasteiger partial charge in [0.15, 0.2) is 5.84 Å². The molecule has 1 amide bonds. The maximum absolute atomic E-state index is 12.4. The van der Waals surface area contributed by atoms with Crippen LogP contribution < -0.4 is 11.1 Å². The fraction of sp³-hybridized carbons (Fsp3) is 0.500. The van der Waals surface area contributed by atoms with Crippen molar-refractivity contribution in [1.82, 2.24) is 5.32 Å². The lowest BCUT2D eigenvalue weighted by atomic mass is 9.76. The second kappa shape index (κ2) is 6.16. The number of carbonyl (C=O) groups excluding carboxylic acids is 1. The van der Waals surface area contributed by atoms with Gasteiger partial charge in [-0.1, -0.05) is 29.8 Å². The van der Waals surface area contributed by atoms with Crippen LogP contribution in [0.2, 0.25) is 0 Å². The number of hydrogen-bond acceptors (Lipinski definition) is 3. The molecule has 1 aliphatic carbocycles. The summed E-state index contributed by atoms with van der Waals surface area (Å²) in [6.07, 6.45) is 3.29. The highest BCUT2D eigenvalue weighted by Gasteiger charge is 2.39. The summed E-state index contributed by atoms with van der Waals surface area (Å²) in [5.74, 6) is 0.506. The molecule has 0 bridgehead atoms. The molecule has 1 aliphatic rings. The highest BCUT2D eigenvalue weighted by molar-refractivity contribution is 6.00. The van der Waals surface area contributed by atoms with Gasteiger partial charge in [0.2, 0.25) is 0 Å². The van der Waals surface area contributed by atoms with Gasteiger partial charge in [-0.15, -0.1) is 0 Å². The molecule has 2 rings (SSSR count). The van der Waals surface area contributed by atoms with E-state index in [0.717, 1.165) is 18.4 Å². The fourth-order valence-corrected chi connectivity index (χ4v) is 2.79. The van der Waals surface area contributed by atoms with Gasteiger partial charge in [-0.2, -0.15) is 0 Å². The van der Waals surface area contributed by atoms with Gasteiger partial charge < -0.3 is 16.3 Å². The van der Waals surface area contributed by atoms with E-state index < -0.39 is 5.54 Å². The first-order valence-corrected chi connectivity index (χ1v) is 7.34. The third kappa shape index (κ3) is 3.35. The SMILES string of the molecule is Cc1ccc(C(=O)NC2(/C(N)=N/O)CCC(C)CC2)cc1. The van der Waals surface area contributed by atoms with Gasteiger partial charge in [-0.3, -0.25) is 4.79 Å². The zero-order chi connectivity index (χ0) is 15.5. The van der Waals surface area contributed by atoms with E-state index in [9.17, 15) is 4.79 Å². The van der Waals surface area contributed by atoms with Gasteiger partial charge in [0.25, 0.3) is 5.91 Å². The zero-order valence-corrected chi connectivity index (χ0v) is 12.6. The quantitative estimate of drug-likeness (QED) is 0.345. The maximum Gasteiger partial charge on any atom is 0.252 e. The van der Waals surface area contributed by atoms with Crippen LogP contribution in [-0.4, -0.2) is 22.5 Å². The molecular weight excluding hydrogens is 266 g/mol. The Morgan fingerprint density at radius 3 is 2.43 bits per heavy atom. The lowest BCUT2D eigenvalue weighted by molar-refractivity contribution is 0.0897. The number of oxime groups is 1. The highest BCUT2D eigenvalue weighted by Crippen LogP contribution is 2.32. The number of hydrogen-bond donors (Lipinski definition) is 3. The molecule has 5 nitrogen and oxygen atoms in total. The topological polar surface area (TPSA) is 87.7 Å². The Morgan fingerprint density at radius 1 is 1.33 bits per heavy atom. The van der Waals surface area contributed by atoms with Crippen LogP contribution in [-0.2, 0) is 0 Å². The van der Waals surface area contributed by atoms with Crippen molar-refractivity contribution >= 4 is 11.7 Å². The maximum atomic E-state index is 12.4. The van der Waals surface area contributed by atoms with Crippen molar-refractivity contribution in [1.29, 1.82) is 0 Å². The summed E-state index contributed by atoms with van der Waals surface area (Å²) in [6.45, 7) is 4.15. The van der Waals surface area contributed by atoms with Crippen molar-refractivity contribution in [2.45, 2.75) is 45.1 Å². The number of amides is 1. The van der Waals surface area contributed by atoms with Crippen LogP contribution in [0.4, 0.5) is 0 Å². The number of amidine groups is 1. The molecule has 0 radical (unpaired) electrons. The van der Waals surface area contributed by atoms with E-state index >= 15 is 0 Å². The van der Waals surface area contributed by atoms with Crippen molar-refractivity contribution < 1.29 is 10.0 Å². The second-order valence-electron chi connectivity index (χ2n) is 6.07. The van der Waals surface area contributed by atoms with Crippen molar-refractivity contribution in [2.75, 3.05) is 0 Å². The summed E-state index contributed by atoms with van der Waals surface area (Å²) in [7, 11) is 0. The summed E-state index contributed by atoms with van der Waals surface area (Å²) < 4.78 is 0. The van der Waals surface area contributed by atoms with Crippen LogP contribution in [0.25, 0.3) is 0 Å². The van der Waals surface area contributed by atoms with E-state index in [1.807, 2.05) is 19.1 Å². The molecule has 1 fully saturated rings. The van der Waals surface area contributed by atoms with Crippen LogP contribution in [0, 0.1) is 12.8 Å². The number of rotatable bonds is 3. The van der Waals surface area contributed by atoms with Crippen molar-refractivity contribution in [3.63, 3.8) is 0 Å². The van der Waals surface area contributed by atoms with Crippen LogP contribution in [0.15, 0.2) is 29.4 Å². The molecule has 0 heterocycles. The van der Waals surface area contributed by atoms with Gasteiger partial charge in [0, 0.05) is 5.56 Å². The summed E-state index contributed by atoms with van der Waals surface area (Å²) >= 11 is 0. The molecule has 21 heavy (non-hydrogen) atoms. The molecule has 0 aromatic heterocycles. The van der Waals surface area contributed by atoms with Crippen LogP contribution >= 0.6 is 0 Å². The van der Waals surface area contributed by atoms with Crippen LogP contribution in [0.5, 0.6) is 0 Å². The zero-order valence-electron chi connectivity index (χ0n) is 12.6. The Kier molecular flexibility index (Phi) is 4.50. The monoisotopic (exact) mass is 289 g/mol. The molecule has 0 aliphatic heterocycles. The largest absolute Gasteiger partial charge is 0.409 e. The average Bonchev–Trinajstić information content (AvgIpc) is 2.49. The number of nitrogens with one attached hydrogen (secondary N) is 1. The Labute approximate surface area is 125 Å². The first-order valence-electron chi connectivity index (χ1n) is 7.34. The molecule has 0 atom stereocenters. The van der Waals surface area contributed by atoms with Gasteiger partial charge in [0.05, 0.1) is 0 Å². The predicted molar refractivity (Wildman–Crippen MR) is 82.4 cm³/mol. The van der Waals surface area contributed by atoms with Crippen LogP contribution in [0.3, 0.4) is 0 Å². The van der Waals surface area contributed by atoms with E-state index in [4.69, 9.17) is 10.9 Å². The number of nitrogens with two attached hydrogens (primary N) is 1. The van der Waals surface area contributed by atoms with E-state index in [1.165, 1.54) is 0 Å². The van der Waals surface area contributed by atoms with Gasteiger partial charge in [0.1, 0.15) is 5.54 Å². The minimum Gasteiger partial charge on any atom is -0.409 e. The number of nitrogens with zero attached hydrogens (tertiary/aromatic N) is 1. The Bertz CT molecular complexity index is 529. The van der Waals surface area contributed by atoms with Gasteiger partial charge >= 0.3 is 0 Å². The van der Waals surface area contributed by atoms with Crippen molar-refractivity contribution in [3.8, 4) is 0 Å². The Balaban J connectivity index is 2.19. The van der Waals surface area contributed by atoms with Crippen molar-refractivity contribution in [2.24, 2.45) is 16.8 Å². The number of carbonyl (C=O) groups is 1. The fourth-order valence-electron chi connectivity index (χ4n) is 2.79. The second-order valence-corrected chi connectivity index (χ2v) is 6.07. The first kappa shape index (κ1) is 15.4. The van der Waals surface area contributed by atoms with E-state index in [1.54, 1.807) is 12.1 Å². The third-order valence-electron chi connectivity index (χ3n) is 4.39. The number of benzene rings is 1. The first-order chi connectivity index (χ1) is 9.97. The molecule has 1 aromatic carbocycles. The minimum atomic E-state index is -0.733. The summed E-state index contributed by atoms with van der Waals surface area (Å²) in [5.41, 5.74) is 6.82. The highest BCUT2D eigenvalue weighted by atomic mass is 16.4. The average molecular weight is 289 g/mol. The standard InChI is InChI=1S/C16H23N3O2/c1-11-3-5-13(6-4-11)14(20)18-16(15(17)19-21)9-7-12(2)8-10-16/h3-6,12,21H,7-10H2,1-2H3,(H2,17,19)(H,18,20). The smallest absolute Gasteiger partial charge is 0.252 e. The molecule has 1 aromatic rings. The Hall–Kier alpha value is -2.04. The van der Waals surface area contributed by atoms with Gasteiger partial charge in [-0.25, -0.2) is 0 Å². The molecule has 1 saturated carbocycles. The summed E-state index contributed by atoms with van der Waals surface area (Å²) in [6, 6.07) is 7.37. The molecule has 114 valence electrons. The molecule has 5 heteroatoms. The van der Waals surface area contributed by atoms with E-state index in [2.05, 4.69) is 17.4 Å². The molecule has 0 unspecified atom stereocenters. The van der Waals surface area contributed by atoms with E-state index in [-0.39, 0.29) is 11.7 Å².